The van der Waals surface area contributed by atoms with Crippen LogP contribution < -0.4 is 20.3 Å². The molecule has 2 heterocycles. The van der Waals surface area contributed by atoms with Crippen LogP contribution in [0.3, 0.4) is 0 Å². The third-order valence-electron chi connectivity index (χ3n) is 5.99. The fraction of sp³-hybridized carbons (Fsp3) is 0.348. The summed E-state index contributed by atoms with van der Waals surface area (Å²) in [4.78, 5) is 27.4. The van der Waals surface area contributed by atoms with Crippen molar-refractivity contribution in [2.45, 2.75) is 37.6 Å². The fourth-order valence-corrected chi connectivity index (χ4v) is 4.38. The van der Waals surface area contributed by atoms with Crippen molar-refractivity contribution in [1.82, 2.24) is 25.5 Å². The highest BCUT2D eigenvalue weighted by Gasteiger charge is 2.32. The second kappa shape index (κ2) is 9.30. The third kappa shape index (κ3) is 4.41. The van der Waals surface area contributed by atoms with Crippen molar-refractivity contribution < 1.29 is 14.3 Å². The molecule has 0 bridgehead atoms. The molecule has 0 spiro atoms. The molecule has 176 valence electrons. The summed E-state index contributed by atoms with van der Waals surface area (Å²) in [5.74, 6) is 1.50. The van der Waals surface area contributed by atoms with Gasteiger partial charge >= 0.3 is 6.03 Å². The zero-order valence-corrected chi connectivity index (χ0v) is 19.3. The maximum atomic E-state index is 13.0. The number of halogens is 1. The van der Waals surface area contributed by atoms with Crippen molar-refractivity contribution in [1.29, 1.82) is 0 Å². The molecule has 3 amide bonds. The number of anilines is 2. The van der Waals surface area contributed by atoms with E-state index < -0.39 is 12.1 Å². The van der Waals surface area contributed by atoms with E-state index in [2.05, 4.69) is 26.2 Å². The van der Waals surface area contributed by atoms with Crippen molar-refractivity contribution in [3.63, 3.8) is 0 Å². The normalized spacial score (nSPS) is 18.0. The van der Waals surface area contributed by atoms with Crippen molar-refractivity contribution in [3.8, 4) is 11.4 Å². The Kier molecular flexibility index (Phi) is 6.06. The number of para-hydroxylation sites is 1. The molecule has 1 aliphatic heterocycles. The zero-order valence-electron chi connectivity index (χ0n) is 18.6. The number of nitrogens with zero attached hydrogens (tertiary/aromatic N) is 5. The molecule has 5 rings (SSSR count). The van der Waals surface area contributed by atoms with Gasteiger partial charge in [0.15, 0.2) is 5.82 Å². The van der Waals surface area contributed by atoms with Crippen LogP contribution in [0.25, 0.3) is 5.69 Å². The molecule has 1 aliphatic carbocycles. The summed E-state index contributed by atoms with van der Waals surface area (Å²) in [6, 6.07) is 11.3. The molecule has 2 fully saturated rings. The van der Waals surface area contributed by atoms with Gasteiger partial charge in [0.05, 0.1) is 17.8 Å². The number of methoxy groups -OCH3 is 1. The predicted octanol–water partition coefficient (Wildman–Crippen LogP) is 3.52. The summed E-state index contributed by atoms with van der Waals surface area (Å²) in [5.41, 5.74) is 1.80. The number of ether oxygens (including phenoxy) is 1. The van der Waals surface area contributed by atoms with E-state index in [0.29, 0.717) is 46.7 Å². The molecule has 34 heavy (non-hydrogen) atoms. The molecule has 2 aromatic carbocycles. The molecule has 1 aromatic heterocycles. The number of piperidine rings is 1. The molecule has 0 radical (unpaired) electrons. The Hall–Kier alpha value is -3.66. The summed E-state index contributed by atoms with van der Waals surface area (Å²) in [5, 5.41) is 18.2. The summed E-state index contributed by atoms with van der Waals surface area (Å²) in [7, 11) is 1.57. The average molecular weight is 482 g/mol. The van der Waals surface area contributed by atoms with Gasteiger partial charge in [0.1, 0.15) is 17.5 Å². The molecule has 1 saturated carbocycles. The Bertz CT molecular complexity index is 1230. The second-order valence-electron chi connectivity index (χ2n) is 8.34. The van der Waals surface area contributed by atoms with Gasteiger partial charge in [0, 0.05) is 18.2 Å². The maximum absolute atomic E-state index is 13.0. The number of tetrazole rings is 1. The van der Waals surface area contributed by atoms with Crippen LogP contribution in [-0.4, -0.2) is 51.8 Å². The monoisotopic (exact) mass is 481 g/mol. The summed E-state index contributed by atoms with van der Waals surface area (Å²) >= 11 is 6.28. The van der Waals surface area contributed by atoms with Crippen LogP contribution in [0, 0.1) is 0 Å². The highest BCUT2D eigenvalue weighted by molar-refractivity contribution is 6.33. The quantitative estimate of drug-likeness (QED) is 0.556. The second-order valence-corrected chi connectivity index (χ2v) is 8.75. The Labute approximate surface area is 201 Å². The van der Waals surface area contributed by atoms with Gasteiger partial charge in [-0.15, -0.1) is 5.10 Å². The molecule has 2 aliphatic rings. The highest BCUT2D eigenvalue weighted by atomic mass is 35.5. The van der Waals surface area contributed by atoms with Crippen molar-refractivity contribution >= 4 is 34.9 Å². The zero-order chi connectivity index (χ0) is 23.7. The van der Waals surface area contributed by atoms with Gasteiger partial charge in [-0.1, -0.05) is 23.7 Å². The Morgan fingerprint density at radius 3 is 2.74 bits per heavy atom. The minimum absolute atomic E-state index is 0.187. The van der Waals surface area contributed by atoms with Crippen molar-refractivity contribution in [2.75, 3.05) is 23.9 Å². The average Bonchev–Trinajstić information content (AvgIpc) is 3.57. The van der Waals surface area contributed by atoms with Crippen molar-refractivity contribution in [2.24, 2.45) is 0 Å². The lowest BCUT2D eigenvalue weighted by Gasteiger charge is -2.33. The number of amides is 3. The molecule has 2 N–H and O–H groups in total. The largest absolute Gasteiger partial charge is 0.494 e. The number of hydrogen-bond acceptors (Lipinski definition) is 6. The molecule has 10 nitrogen and oxygen atoms in total. The van der Waals surface area contributed by atoms with E-state index in [4.69, 9.17) is 16.3 Å². The standard InChI is InChI=1S/C23H24ClN7O3/c1-34-20-11-10-15(13-19(20)31-21(14-8-9-14)27-28-29-31)25-23(33)26-17-6-4-12-30(22(17)32)18-7-3-2-5-16(18)24/h2-3,5,7,10-11,13-14,17H,4,6,8-9,12H2,1H3,(H2,25,26,33). The number of nitrogens with one attached hydrogen (secondary N) is 2. The number of hydrogen-bond donors (Lipinski definition) is 2. The van der Waals surface area contributed by atoms with Crippen LogP contribution in [0.2, 0.25) is 5.02 Å². The number of carbonyl (C=O) groups excluding carboxylic acids is 2. The van der Waals surface area contributed by atoms with Gasteiger partial charge in [0.25, 0.3) is 0 Å². The van der Waals surface area contributed by atoms with Gasteiger partial charge in [-0.05, 0) is 66.4 Å². The van der Waals surface area contributed by atoms with E-state index in [0.717, 1.165) is 25.1 Å². The first-order valence-corrected chi connectivity index (χ1v) is 11.5. The predicted molar refractivity (Wildman–Crippen MR) is 127 cm³/mol. The lowest BCUT2D eigenvalue weighted by molar-refractivity contribution is -0.121. The molecule has 3 aromatic rings. The Balaban J connectivity index is 1.30. The van der Waals surface area contributed by atoms with E-state index in [-0.39, 0.29) is 5.91 Å². The molecular formula is C23H24ClN7O3. The topological polar surface area (TPSA) is 114 Å². The van der Waals surface area contributed by atoms with Crippen LogP contribution in [-0.2, 0) is 4.79 Å². The fourth-order valence-electron chi connectivity index (χ4n) is 4.14. The van der Waals surface area contributed by atoms with E-state index in [9.17, 15) is 9.59 Å². The summed E-state index contributed by atoms with van der Waals surface area (Å²) < 4.78 is 7.12. The van der Waals surface area contributed by atoms with Crippen molar-refractivity contribution in [3.05, 3.63) is 53.3 Å². The first-order chi connectivity index (χ1) is 16.5. The minimum atomic E-state index is -0.649. The maximum Gasteiger partial charge on any atom is 0.319 e. The van der Waals surface area contributed by atoms with E-state index in [1.54, 1.807) is 47.0 Å². The van der Waals surface area contributed by atoms with Gasteiger partial charge in [-0.2, -0.15) is 4.68 Å². The van der Waals surface area contributed by atoms with Gasteiger partial charge in [-0.25, -0.2) is 4.79 Å². The van der Waals surface area contributed by atoms with E-state index >= 15 is 0 Å². The van der Waals surface area contributed by atoms with Crippen LogP contribution in [0.15, 0.2) is 42.5 Å². The third-order valence-corrected chi connectivity index (χ3v) is 6.31. The first-order valence-electron chi connectivity index (χ1n) is 11.2. The highest BCUT2D eigenvalue weighted by Crippen LogP contribution is 2.40. The molecular weight excluding hydrogens is 458 g/mol. The number of rotatable bonds is 6. The van der Waals surface area contributed by atoms with Crippen LogP contribution in [0.5, 0.6) is 5.75 Å². The van der Waals surface area contributed by atoms with E-state index in [1.165, 1.54) is 0 Å². The number of benzene rings is 2. The number of aromatic nitrogens is 4. The lowest BCUT2D eigenvalue weighted by atomic mass is 10.0. The van der Waals surface area contributed by atoms with Crippen LogP contribution in [0.1, 0.15) is 37.4 Å². The van der Waals surface area contributed by atoms with Gasteiger partial charge in [0.2, 0.25) is 5.91 Å². The van der Waals surface area contributed by atoms with Gasteiger partial charge in [-0.3, -0.25) is 4.79 Å². The Morgan fingerprint density at radius 2 is 1.97 bits per heavy atom. The summed E-state index contributed by atoms with van der Waals surface area (Å²) in [6.45, 7) is 0.555. The number of urea groups is 1. The molecule has 1 atom stereocenters. The Morgan fingerprint density at radius 1 is 1.15 bits per heavy atom. The molecule has 1 saturated heterocycles. The molecule has 11 heteroatoms. The SMILES string of the molecule is COc1ccc(NC(=O)NC2CCCN(c3ccccc3Cl)C2=O)cc1-n1nnnc1C1CC1. The summed E-state index contributed by atoms with van der Waals surface area (Å²) in [6.07, 6.45) is 3.39. The first kappa shape index (κ1) is 22.1. The smallest absolute Gasteiger partial charge is 0.319 e. The van der Waals surface area contributed by atoms with Crippen LogP contribution in [0.4, 0.5) is 16.2 Å². The van der Waals surface area contributed by atoms with Gasteiger partial charge < -0.3 is 20.3 Å². The van der Waals surface area contributed by atoms with E-state index in [1.807, 2.05) is 12.1 Å². The molecule has 1 unspecified atom stereocenters. The lowest BCUT2D eigenvalue weighted by Crippen LogP contribution is -2.53. The number of carbonyl (C=O) groups is 2. The minimum Gasteiger partial charge on any atom is -0.494 e. The van der Waals surface area contributed by atoms with Crippen LogP contribution >= 0.6 is 11.6 Å².